The van der Waals surface area contributed by atoms with Crippen molar-refractivity contribution in [1.82, 2.24) is 0 Å². The number of hydrogen-bond donors (Lipinski definition) is 1. The van der Waals surface area contributed by atoms with E-state index in [1.807, 2.05) is 13.8 Å². The lowest BCUT2D eigenvalue weighted by molar-refractivity contribution is 0.0784. The van der Waals surface area contributed by atoms with Gasteiger partial charge in [0.2, 0.25) is 0 Å². The minimum Gasteiger partial charge on any atom is -0.386 e. The molecule has 0 aliphatic heterocycles. The molecule has 0 bridgehead atoms. The molecule has 0 spiro atoms. The molecule has 1 aromatic rings. The van der Waals surface area contributed by atoms with E-state index in [0.717, 1.165) is 5.56 Å². The molecule has 2 rings (SSSR count). The Morgan fingerprint density at radius 2 is 2.07 bits per heavy atom. The Bertz CT molecular complexity index is 360. The van der Waals surface area contributed by atoms with Gasteiger partial charge in [-0.15, -0.1) is 0 Å². The average molecular weight is 204 g/mol. The van der Waals surface area contributed by atoms with Crippen molar-refractivity contribution < 1.29 is 5.11 Å². The molecule has 1 heteroatoms. The average Bonchev–Trinajstić information content (AvgIpc) is 2.16. The first-order valence-electron chi connectivity index (χ1n) is 5.84. The third kappa shape index (κ3) is 2.07. The molecule has 82 valence electrons. The molecule has 1 atom stereocenters. The number of aryl methyl sites for hydroxylation is 1. The zero-order valence-electron chi connectivity index (χ0n) is 9.88. The summed E-state index contributed by atoms with van der Waals surface area (Å²) in [5.41, 5.74) is 3.24. The molecular formula is C14H20O. The second-order valence-electron chi connectivity index (χ2n) is 5.27. The van der Waals surface area contributed by atoms with Crippen molar-refractivity contribution in [2.45, 2.75) is 51.6 Å². The second-order valence-corrected chi connectivity index (χ2v) is 5.27. The lowest BCUT2D eigenvalue weighted by atomic mass is 9.81. The zero-order chi connectivity index (χ0) is 11.1. The Kier molecular flexibility index (Phi) is 2.59. The van der Waals surface area contributed by atoms with Crippen LogP contribution >= 0.6 is 0 Å². The fourth-order valence-electron chi connectivity index (χ4n) is 2.42. The molecular weight excluding hydrogens is 184 g/mol. The molecule has 1 nitrogen and oxygen atoms in total. The molecule has 0 saturated heterocycles. The van der Waals surface area contributed by atoms with E-state index < -0.39 is 5.60 Å². The van der Waals surface area contributed by atoms with Crippen LogP contribution in [0.25, 0.3) is 0 Å². The number of rotatable bonds is 1. The van der Waals surface area contributed by atoms with Crippen molar-refractivity contribution in [3.8, 4) is 0 Å². The Hall–Kier alpha value is -0.820. The highest BCUT2D eigenvalue weighted by atomic mass is 16.3. The first-order chi connectivity index (χ1) is 6.98. The summed E-state index contributed by atoms with van der Waals surface area (Å²) in [5.74, 6) is 0.649. The van der Waals surface area contributed by atoms with Gasteiger partial charge in [-0.05, 0) is 55.7 Å². The summed E-state index contributed by atoms with van der Waals surface area (Å²) in [4.78, 5) is 0. The molecule has 0 fully saturated rings. The maximum absolute atomic E-state index is 9.98. The first kappa shape index (κ1) is 10.7. The van der Waals surface area contributed by atoms with Crippen LogP contribution in [0.4, 0.5) is 0 Å². The highest BCUT2D eigenvalue weighted by molar-refractivity contribution is 5.38. The first-order valence-corrected chi connectivity index (χ1v) is 5.84. The Balaban J connectivity index is 2.44. The predicted octanol–water partition coefficient (Wildman–Crippen LogP) is 3.35. The minimum atomic E-state index is -0.716. The van der Waals surface area contributed by atoms with Crippen molar-refractivity contribution in [2.24, 2.45) is 0 Å². The van der Waals surface area contributed by atoms with Crippen molar-refractivity contribution in [1.29, 1.82) is 0 Å². The highest BCUT2D eigenvalue weighted by Crippen LogP contribution is 2.33. The van der Waals surface area contributed by atoms with Crippen LogP contribution in [0.15, 0.2) is 18.2 Å². The van der Waals surface area contributed by atoms with Crippen molar-refractivity contribution >= 4 is 0 Å². The number of fused-ring (bicyclic) bond motifs is 1. The molecule has 1 unspecified atom stereocenters. The fraction of sp³-hybridized carbons (Fsp3) is 0.571. The molecule has 1 aliphatic rings. The quantitative estimate of drug-likeness (QED) is 0.743. The van der Waals surface area contributed by atoms with Crippen LogP contribution in [-0.2, 0) is 12.0 Å². The highest BCUT2D eigenvalue weighted by Gasteiger charge is 2.21. The summed E-state index contributed by atoms with van der Waals surface area (Å²) >= 11 is 0. The van der Waals surface area contributed by atoms with E-state index in [0.29, 0.717) is 5.92 Å². The minimum absolute atomic E-state index is 0.649. The summed E-state index contributed by atoms with van der Waals surface area (Å²) in [7, 11) is 0. The van der Waals surface area contributed by atoms with Crippen LogP contribution in [-0.4, -0.2) is 5.11 Å². The maximum atomic E-state index is 9.98. The SMILES string of the molecule is CC1CCCc2ccc(C(C)(C)O)cc21. The summed E-state index contributed by atoms with van der Waals surface area (Å²) in [5, 5.41) is 9.98. The van der Waals surface area contributed by atoms with Crippen molar-refractivity contribution in [3.63, 3.8) is 0 Å². The van der Waals surface area contributed by atoms with E-state index in [4.69, 9.17) is 0 Å². The normalized spacial score (nSPS) is 21.2. The number of hydrogen-bond acceptors (Lipinski definition) is 1. The van der Waals surface area contributed by atoms with Crippen LogP contribution in [0.2, 0.25) is 0 Å². The molecule has 0 heterocycles. The van der Waals surface area contributed by atoms with E-state index in [-0.39, 0.29) is 0 Å². The largest absolute Gasteiger partial charge is 0.386 e. The lowest BCUT2D eigenvalue weighted by Gasteiger charge is -2.26. The van der Waals surface area contributed by atoms with Gasteiger partial charge in [0.25, 0.3) is 0 Å². The molecule has 1 aromatic carbocycles. The van der Waals surface area contributed by atoms with Gasteiger partial charge in [0.15, 0.2) is 0 Å². The van der Waals surface area contributed by atoms with E-state index in [9.17, 15) is 5.11 Å². The monoisotopic (exact) mass is 204 g/mol. The third-order valence-electron chi connectivity index (χ3n) is 3.47. The van der Waals surface area contributed by atoms with E-state index in [2.05, 4.69) is 25.1 Å². The lowest BCUT2D eigenvalue weighted by Crippen LogP contribution is -2.17. The van der Waals surface area contributed by atoms with E-state index >= 15 is 0 Å². The van der Waals surface area contributed by atoms with Crippen LogP contribution in [0.5, 0.6) is 0 Å². The zero-order valence-corrected chi connectivity index (χ0v) is 9.88. The van der Waals surface area contributed by atoms with E-state index in [1.165, 1.54) is 30.4 Å². The van der Waals surface area contributed by atoms with Crippen LogP contribution in [0.3, 0.4) is 0 Å². The van der Waals surface area contributed by atoms with Crippen molar-refractivity contribution in [2.75, 3.05) is 0 Å². The molecule has 0 aromatic heterocycles. The summed E-state index contributed by atoms with van der Waals surface area (Å²) in [6.45, 7) is 5.98. The Labute approximate surface area is 92.1 Å². The molecule has 0 amide bonds. The predicted molar refractivity (Wildman–Crippen MR) is 63.0 cm³/mol. The summed E-state index contributed by atoms with van der Waals surface area (Å²) in [6.07, 6.45) is 3.78. The molecule has 0 radical (unpaired) electrons. The van der Waals surface area contributed by atoms with Crippen molar-refractivity contribution in [3.05, 3.63) is 34.9 Å². The van der Waals surface area contributed by atoms with Gasteiger partial charge >= 0.3 is 0 Å². The maximum Gasteiger partial charge on any atom is 0.0840 e. The smallest absolute Gasteiger partial charge is 0.0840 e. The Morgan fingerprint density at radius 3 is 2.73 bits per heavy atom. The standard InChI is InChI=1S/C14H20O/c1-10-5-4-6-11-7-8-12(9-13(10)11)14(2,3)15/h7-10,15H,4-6H2,1-3H3. The molecule has 1 N–H and O–H groups in total. The van der Waals surface area contributed by atoms with Gasteiger partial charge in [0, 0.05) is 0 Å². The Morgan fingerprint density at radius 1 is 1.33 bits per heavy atom. The summed E-state index contributed by atoms with van der Waals surface area (Å²) < 4.78 is 0. The summed E-state index contributed by atoms with van der Waals surface area (Å²) in [6, 6.07) is 6.45. The van der Waals surface area contributed by atoms with Gasteiger partial charge < -0.3 is 5.11 Å². The number of benzene rings is 1. The molecule has 1 aliphatic carbocycles. The number of aliphatic hydroxyl groups is 1. The fourth-order valence-corrected chi connectivity index (χ4v) is 2.42. The van der Waals surface area contributed by atoms with Gasteiger partial charge in [-0.3, -0.25) is 0 Å². The van der Waals surface area contributed by atoms with Crippen LogP contribution in [0, 0.1) is 0 Å². The topological polar surface area (TPSA) is 20.2 Å². The van der Waals surface area contributed by atoms with Gasteiger partial charge in [0.05, 0.1) is 5.60 Å². The van der Waals surface area contributed by atoms with Gasteiger partial charge in [-0.1, -0.05) is 25.1 Å². The molecule has 15 heavy (non-hydrogen) atoms. The van der Waals surface area contributed by atoms with Gasteiger partial charge in [-0.2, -0.15) is 0 Å². The van der Waals surface area contributed by atoms with Gasteiger partial charge in [-0.25, -0.2) is 0 Å². The van der Waals surface area contributed by atoms with E-state index in [1.54, 1.807) is 0 Å². The van der Waals surface area contributed by atoms with Crippen LogP contribution in [0.1, 0.15) is 56.2 Å². The molecule has 0 saturated carbocycles. The van der Waals surface area contributed by atoms with Crippen LogP contribution < -0.4 is 0 Å². The second kappa shape index (κ2) is 3.64. The van der Waals surface area contributed by atoms with Gasteiger partial charge in [0.1, 0.15) is 0 Å². The third-order valence-corrected chi connectivity index (χ3v) is 3.47.